The second-order valence-corrected chi connectivity index (χ2v) is 8.56. The van der Waals surface area contributed by atoms with E-state index in [9.17, 15) is 9.59 Å². The number of amides is 1. The summed E-state index contributed by atoms with van der Waals surface area (Å²) in [4.78, 5) is 30.7. The Kier molecular flexibility index (Phi) is 6.13. The van der Waals surface area contributed by atoms with Gasteiger partial charge in [-0.3, -0.25) is 9.59 Å². The van der Waals surface area contributed by atoms with Crippen LogP contribution in [0.1, 0.15) is 27.7 Å². The van der Waals surface area contributed by atoms with Crippen LogP contribution in [-0.4, -0.2) is 16.7 Å². The minimum absolute atomic E-state index is 0.0339. The van der Waals surface area contributed by atoms with Crippen molar-refractivity contribution in [2.75, 3.05) is 5.32 Å². The van der Waals surface area contributed by atoms with Gasteiger partial charge in [-0.15, -0.1) is 11.3 Å². The average Bonchev–Trinajstić information content (AvgIpc) is 3.19. The molecule has 1 amide bonds. The zero-order valence-electron chi connectivity index (χ0n) is 15.6. The molecule has 1 unspecified atom stereocenters. The van der Waals surface area contributed by atoms with Crippen LogP contribution in [0.25, 0.3) is 10.2 Å². The molecule has 150 valence electrons. The minimum atomic E-state index is -0.687. The SMILES string of the molecule is O=C(CC(C(=O)c1ccccc1)c1nc2ccccc2s1)Nc1ccc(Cl)c(Cl)c1. The predicted molar refractivity (Wildman–Crippen MR) is 123 cm³/mol. The summed E-state index contributed by atoms with van der Waals surface area (Å²) in [6, 6.07) is 21.5. The van der Waals surface area contributed by atoms with Gasteiger partial charge < -0.3 is 5.32 Å². The Bertz CT molecular complexity index is 1190. The van der Waals surface area contributed by atoms with Gasteiger partial charge in [0.2, 0.25) is 5.91 Å². The molecule has 0 aliphatic heterocycles. The van der Waals surface area contributed by atoms with E-state index in [1.165, 1.54) is 11.3 Å². The van der Waals surface area contributed by atoms with E-state index in [1.54, 1.807) is 42.5 Å². The Morgan fingerprint density at radius 3 is 2.40 bits per heavy atom. The molecule has 0 aliphatic rings. The molecule has 3 aromatic carbocycles. The third kappa shape index (κ3) is 4.54. The largest absolute Gasteiger partial charge is 0.326 e. The monoisotopic (exact) mass is 454 g/mol. The predicted octanol–water partition coefficient (Wildman–Crippen LogP) is 6.60. The number of halogens is 2. The van der Waals surface area contributed by atoms with Crippen LogP contribution in [-0.2, 0) is 4.79 Å². The van der Waals surface area contributed by atoms with Crippen molar-refractivity contribution in [2.24, 2.45) is 0 Å². The number of nitrogens with one attached hydrogen (secondary N) is 1. The number of rotatable bonds is 6. The first-order valence-corrected chi connectivity index (χ1v) is 10.8. The van der Waals surface area contributed by atoms with Crippen LogP contribution in [0.15, 0.2) is 72.8 Å². The van der Waals surface area contributed by atoms with Crippen molar-refractivity contribution in [2.45, 2.75) is 12.3 Å². The smallest absolute Gasteiger partial charge is 0.225 e. The van der Waals surface area contributed by atoms with Crippen molar-refractivity contribution in [3.63, 3.8) is 0 Å². The van der Waals surface area contributed by atoms with E-state index in [0.29, 0.717) is 26.3 Å². The van der Waals surface area contributed by atoms with Crippen molar-refractivity contribution >= 4 is 62.1 Å². The second-order valence-electron chi connectivity index (χ2n) is 6.68. The van der Waals surface area contributed by atoms with Gasteiger partial charge in [0.15, 0.2) is 5.78 Å². The van der Waals surface area contributed by atoms with E-state index in [-0.39, 0.29) is 18.1 Å². The van der Waals surface area contributed by atoms with E-state index in [4.69, 9.17) is 23.2 Å². The van der Waals surface area contributed by atoms with Gasteiger partial charge in [-0.1, -0.05) is 65.7 Å². The molecule has 1 aromatic heterocycles. The number of aromatic nitrogens is 1. The van der Waals surface area contributed by atoms with Crippen LogP contribution in [0.3, 0.4) is 0 Å². The Morgan fingerprint density at radius 1 is 0.933 bits per heavy atom. The van der Waals surface area contributed by atoms with E-state index in [0.717, 1.165) is 10.2 Å². The molecule has 30 heavy (non-hydrogen) atoms. The number of Topliss-reactive ketones (excluding diaryl/α,β-unsaturated/α-hetero) is 1. The Hall–Kier alpha value is -2.73. The normalized spacial score (nSPS) is 11.9. The molecule has 0 spiro atoms. The number of hydrogen-bond donors (Lipinski definition) is 1. The molecule has 0 aliphatic carbocycles. The maximum Gasteiger partial charge on any atom is 0.225 e. The van der Waals surface area contributed by atoms with Crippen LogP contribution in [0, 0.1) is 0 Å². The van der Waals surface area contributed by atoms with Crippen molar-refractivity contribution in [3.8, 4) is 0 Å². The van der Waals surface area contributed by atoms with E-state index in [1.807, 2.05) is 30.3 Å². The maximum absolute atomic E-state index is 13.3. The van der Waals surface area contributed by atoms with Gasteiger partial charge in [-0.25, -0.2) is 4.98 Å². The van der Waals surface area contributed by atoms with Crippen LogP contribution in [0.5, 0.6) is 0 Å². The Morgan fingerprint density at radius 2 is 1.67 bits per heavy atom. The molecular weight excluding hydrogens is 439 g/mol. The van der Waals surface area contributed by atoms with Crippen molar-refractivity contribution < 1.29 is 9.59 Å². The van der Waals surface area contributed by atoms with Gasteiger partial charge in [0.1, 0.15) is 5.01 Å². The Labute approximate surface area is 187 Å². The highest BCUT2D eigenvalue weighted by Gasteiger charge is 2.28. The molecular formula is C23H16Cl2N2O2S. The van der Waals surface area contributed by atoms with Crippen molar-refractivity contribution in [1.82, 2.24) is 4.98 Å². The summed E-state index contributed by atoms with van der Waals surface area (Å²) >= 11 is 13.4. The van der Waals surface area contributed by atoms with Gasteiger partial charge in [-0.05, 0) is 30.3 Å². The molecule has 0 saturated carbocycles. The second kappa shape index (κ2) is 8.96. The number of fused-ring (bicyclic) bond motifs is 1. The van der Waals surface area contributed by atoms with E-state index in [2.05, 4.69) is 10.3 Å². The lowest BCUT2D eigenvalue weighted by Crippen LogP contribution is -2.21. The highest BCUT2D eigenvalue weighted by Crippen LogP contribution is 2.32. The number of nitrogens with zero attached hydrogens (tertiary/aromatic N) is 1. The van der Waals surface area contributed by atoms with Crippen LogP contribution < -0.4 is 5.32 Å². The standard InChI is InChI=1S/C23H16Cl2N2O2S/c24-17-11-10-15(12-18(17)25)26-21(28)13-16(22(29)14-6-2-1-3-7-14)23-27-19-8-4-5-9-20(19)30-23/h1-12,16H,13H2,(H,26,28). The van der Waals surface area contributed by atoms with Gasteiger partial charge in [0.25, 0.3) is 0 Å². The lowest BCUT2D eigenvalue weighted by Gasteiger charge is -2.14. The molecule has 0 bridgehead atoms. The number of para-hydroxylation sites is 1. The van der Waals surface area contributed by atoms with E-state index < -0.39 is 5.92 Å². The first kappa shape index (κ1) is 20.5. The topological polar surface area (TPSA) is 59.1 Å². The highest BCUT2D eigenvalue weighted by molar-refractivity contribution is 7.18. The first-order valence-electron chi connectivity index (χ1n) is 9.21. The fourth-order valence-electron chi connectivity index (χ4n) is 3.11. The fraction of sp³-hybridized carbons (Fsp3) is 0.0870. The van der Waals surface area contributed by atoms with Gasteiger partial charge in [0.05, 0.1) is 26.2 Å². The van der Waals surface area contributed by atoms with Crippen LogP contribution >= 0.6 is 34.5 Å². The van der Waals surface area contributed by atoms with Crippen molar-refractivity contribution in [3.05, 3.63) is 93.4 Å². The maximum atomic E-state index is 13.3. The summed E-state index contributed by atoms with van der Waals surface area (Å²) in [5.41, 5.74) is 1.88. The zero-order chi connectivity index (χ0) is 21.1. The lowest BCUT2D eigenvalue weighted by molar-refractivity contribution is -0.116. The molecule has 1 heterocycles. The molecule has 0 fully saturated rings. The summed E-state index contributed by atoms with van der Waals surface area (Å²) in [6.07, 6.45) is -0.0339. The van der Waals surface area contributed by atoms with Gasteiger partial charge >= 0.3 is 0 Å². The molecule has 4 aromatic rings. The first-order chi connectivity index (χ1) is 14.5. The molecule has 1 N–H and O–H groups in total. The number of ketones is 1. The van der Waals surface area contributed by atoms with Gasteiger partial charge in [0, 0.05) is 17.7 Å². The summed E-state index contributed by atoms with van der Waals surface area (Å²) in [6.45, 7) is 0. The average molecular weight is 455 g/mol. The molecule has 1 atom stereocenters. The third-order valence-corrected chi connectivity index (χ3v) is 6.47. The molecule has 7 heteroatoms. The molecule has 0 radical (unpaired) electrons. The van der Waals surface area contributed by atoms with Gasteiger partial charge in [-0.2, -0.15) is 0 Å². The van der Waals surface area contributed by atoms with Crippen LogP contribution in [0.2, 0.25) is 10.0 Å². The summed E-state index contributed by atoms with van der Waals surface area (Å²) in [7, 11) is 0. The number of carbonyl (C=O) groups excluding carboxylic acids is 2. The number of benzene rings is 3. The zero-order valence-corrected chi connectivity index (χ0v) is 18.0. The minimum Gasteiger partial charge on any atom is -0.326 e. The molecule has 0 saturated heterocycles. The number of thiazole rings is 1. The number of anilines is 1. The Balaban J connectivity index is 1.63. The molecule has 4 rings (SSSR count). The number of carbonyl (C=O) groups is 2. The van der Waals surface area contributed by atoms with Crippen LogP contribution in [0.4, 0.5) is 5.69 Å². The quantitative estimate of drug-likeness (QED) is 0.334. The summed E-state index contributed by atoms with van der Waals surface area (Å²) in [5.74, 6) is -1.13. The van der Waals surface area contributed by atoms with Crippen molar-refractivity contribution in [1.29, 1.82) is 0 Å². The lowest BCUT2D eigenvalue weighted by atomic mass is 9.94. The summed E-state index contributed by atoms with van der Waals surface area (Å²) < 4.78 is 0.975. The third-order valence-electron chi connectivity index (χ3n) is 4.58. The molecule has 4 nitrogen and oxygen atoms in total. The fourth-order valence-corrected chi connectivity index (χ4v) is 4.47. The van der Waals surface area contributed by atoms with E-state index >= 15 is 0 Å². The number of hydrogen-bond acceptors (Lipinski definition) is 4. The summed E-state index contributed by atoms with van der Waals surface area (Å²) in [5, 5.41) is 4.16. The highest BCUT2D eigenvalue weighted by atomic mass is 35.5.